The molecule has 170 valence electrons. The van der Waals surface area contributed by atoms with Crippen LogP contribution in [0, 0.1) is 6.92 Å². The summed E-state index contributed by atoms with van der Waals surface area (Å²) in [6.07, 6.45) is 1.50. The summed E-state index contributed by atoms with van der Waals surface area (Å²) in [5.41, 5.74) is 2.42. The summed E-state index contributed by atoms with van der Waals surface area (Å²) in [5, 5.41) is 2.95. The molecule has 0 atom stereocenters. The van der Waals surface area contributed by atoms with Gasteiger partial charge in [-0.25, -0.2) is 4.79 Å². The highest BCUT2D eigenvalue weighted by Gasteiger charge is 2.47. The zero-order chi connectivity index (χ0) is 22.7. The molecular weight excluding hydrogens is 426 g/mol. The van der Waals surface area contributed by atoms with Gasteiger partial charge in [0.15, 0.2) is 0 Å². The van der Waals surface area contributed by atoms with Crippen molar-refractivity contribution in [3.63, 3.8) is 0 Å². The number of thioether (sulfide) groups is 1. The molecule has 2 aliphatic rings. The van der Waals surface area contributed by atoms with Crippen LogP contribution >= 0.6 is 11.8 Å². The second kappa shape index (κ2) is 9.32. The Morgan fingerprint density at radius 3 is 2.50 bits per heavy atom. The van der Waals surface area contributed by atoms with Crippen LogP contribution in [-0.4, -0.2) is 66.2 Å². The molecule has 2 aromatic carbocycles. The van der Waals surface area contributed by atoms with Crippen LogP contribution in [0.1, 0.15) is 28.8 Å². The van der Waals surface area contributed by atoms with E-state index in [1.807, 2.05) is 52.8 Å². The van der Waals surface area contributed by atoms with Gasteiger partial charge in [-0.3, -0.25) is 4.79 Å². The number of anilines is 1. The molecule has 0 bridgehead atoms. The van der Waals surface area contributed by atoms with E-state index in [-0.39, 0.29) is 16.8 Å². The first-order chi connectivity index (χ1) is 15.5. The molecule has 1 spiro atoms. The number of likely N-dealkylation sites (tertiary alicyclic amines) is 1. The van der Waals surface area contributed by atoms with E-state index in [9.17, 15) is 9.59 Å². The Morgan fingerprint density at radius 2 is 1.81 bits per heavy atom. The maximum Gasteiger partial charge on any atom is 0.321 e. The summed E-state index contributed by atoms with van der Waals surface area (Å²) in [6.45, 7) is 3.93. The minimum Gasteiger partial charge on any atom is -0.497 e. The monoisotopic (exact) mass is 455 g/mol. The van der Waals surface area contributed by atoms with Crippen LogP contribution in [-0.2, 0) is 0 Å². The molecule has 7 nitrogen and oxygen atoms in total. The number of nitrogens with zero attached hydrogens (tertiary/aromatic N) is 2. The molecule has 0 aliphatic carbocycles. The van der Waals surface area contributed by atoms with E-state index in [1.54, 1.807) is 32.4 Å². The van der Waals surface area contributed by atoms with E-state index >= 15 is 0 Å². The highest BCUT2D eigenvalue weighted by Crippen LogP contribution is 2.44. The van der Waals surface area contributed by atoms with Crippen LogP contribution in [0.5, 0.6) is 11.5 Å². The first-order valence-corrected chi connectivity index (χ1v) is 11.7. The number of piperidine rings is 1. The van der Waals surface area contributed by atoms with Gasteiger partial charge >= 0.3 is 6.03 Å². The van der Waals surface area contributed by atoms with Gasteiger partial charge in [-0.05, 0) is 44.0 Å². The van der Waals surface area contributed by atoms with E-state index in [4.69, 9.17) is 9.47 Å². The Kier molecular flexibility index (Phi) is 6.50. The summed E-state index contributed by atoms with van der Waals surface area (Å²) >= 11 is 1.84. The van der Waals surface area contributed by atoms with Crippen molar-refractivity contribution in [1.82, 2.24) is 9.80 Å². The van der Waals surface area contributed by atoms with E-state index in [1.165, 1.54) is 0 Å². The zero-order valence-corrected chi connectivity index (χ0v) is 19.5. The van der Waals surface area contributed by atoms with Crippen molar-refractivity contribution >= 4 is 29.4 Å². The number of carbonyl (C=O) groups is 2. The summed E-state index contributed by atoms with van der Waals surface area (Å²) in [6, 6.07) is 12.9. The topological polar surface area (TPSA) is 71.1 Å². The molecule has 1 N–H and O–H groups in total. The summed E-state index contributed by atoms with van der Waals surface area (Å²) in [5.74, 6) is 2.22. The third-order valence-corrected chi connectivity index (χ3v) is 7.72. The molecule has 4 rings (SSSR count). The summed E-state index contributed by atoms with van der Waals surface area (Å²) in [7, 11) is 3.15. The van der Waals surface area contributed by atoms with Crippen LogP contribution in [0.2, 0.25) is 0 Å². The van der Waals surface area contributed by atoms with Crippen molar-refractivity contribution in [2.45, 2.75) is 24.6 Å². The van der Waals surface area contributed by atoms with Crippen LogP contribution in [0.3, 0.4) is 0 Å². The van der Waals surface area contributed by atoms with Crippen molar-refractivity contribution in [3.8, 4) is 11.5 Å². The van der Waals surface area contributed by atoms with Crippen molar-refractivity contribution in [2.75, 3.05) is 44.9 Å². The molecule has 0 unspecified atom stereocenters. The fraction of sp³-hybridized carbons (Fsp3) is 0.417. The number of ether oxygens (including phenoxy) is 2. The number of urea groups is 1. The Labute approximate surface area is 193 Å². The molecule has 2 aromatic rings. The first-order valence-electron chi connectivity index (χ1n) is 10.8. The highest BCUT2D eigenvalue weighted by atomic mass is 32.2. The normalized spacial score (nSPS) is 17.3. The number of carbonyl (C=O) groups excluding carboxylic acids is 2. The van der Waals surface area contributed by atoms with Crippen molar-refractivity contribution in [2.24, 2.45) is 0 Å². The van der Waals surface area contributed by atoms with Gasteiger partial charge in [0.2, 0.25) is 0 Å². The molecule has 32 heavy (non-hydrogen) atoms. The standard InChI is InChI=1S/C24H29N3O4S/c1-17-5-4-6-18(15-17)22(28)27-13-14-32-24(27)9-11-26(12-10-24)23(29)25-20-8-7-19(30-2)16-21(20)31-3/h4-8,15-16H,9-14H2,1-3H3,(H,25,29). The summed E-state index contributed by atoms with van der Waals surface area (Å²) < 4.78 is 10.6. The number of amides is 3. The second-order valence-corrected chi connectivity index (χ2v) is 9.56. The fourth-order valence-electron chi connectivity index (χ4n) is 4.40. The second-order valence-electron chi connectivity index (χ2n) is 8.10. The van der Waals surface area contributed by atoms with Crippen LogP contribution in [0.4, 0.5) is 10.5 Å². The lowest BCUT2D eigenvalue weighted by Crippen LogP contribution is -2.54. The molecule has 8 heteroatoms. The minimum atomic E-state index is -0.241. The lowest BCUT2D eigenvalue weighted by molar-refractivity contribution is 0.0585. The third kappa shape index (κ3) is 4.37. The maximum absolute atomic E-state index is 13.2. The molecule has 0 radical (unpaired) electrons. The first kappa shape index (κ1) is 22.3. The smallest absolute Gasteiger partial charge is 0.321 e. The van der Waals surface area contributed by atoms with Gasteiger partial charge in [0, 0.05) is 37.0 Å². The molecule has 2 heterocycles. The number of nitrogens with one attached hydrogen (secondary N) is 1. The number of aryl methyl sites for hydroxylation is 1. The van der Waals surface area contributed by atoms with Crippen molar-refractivity contribution < 1.29 is 19.1 Å². The number of hydrogen-bond donors (Lipinski definition) is 1. The summed E-state index contributed by atoms with van der Waals surface area (Å²) in [4.78, 5) is 29.7. The van der Waals surface area contributed by atoms with Crippen LogP contribution in [0.15, 0.2) is 42.5 Å². The largest absolute Gasteiger partial charge is 0.497 e. The predicted molar refractivity (Wildman–Crippen MR) is 127 cm³/mol. The molecule has 0 saturated carbocycles. The van der Waals surface area contributed by atoms with Crippen molar-refractivity contribution in [1.29, 1.82) is 0 Å². The van der Waals surface area contributed by atoms with Gasteiger partial charge < -0.3 is 24.6 Å². The number of rotatable bonds is 4. The molecule has 0 aromatic heterocycles. The molecule has 2 saturated heterocycles. The average molecular weight is 456 g/mol. The van der Waals surface area contributed by atoms with E-state index in [0.29, 0.717) is 30.3 Å². The fourth-order valence-corrected chi connectivity index (χ4v) is 5.85. The molecular formula is C24H29N3O4S. The number of hydrogen-bond acceptors (Lipinski definition) is 5. The number of methoxy groups -OCH3 is 2. The average Bonchev–Trinajstić information content (AvgIpc) is 3.21. The predicted octanol–water partition coefficient (Wildman–Crippen LogP) is 4.23. The lowest BCUT2D eigenvalue weighted by Gasteiger charge is -2.44. The molecule has 2 fully saturated rings. The van der Waals surface area contributed by atoms with Crippen LogP contribution in [0.25, 0.3) is 0 Å². The lowest BCUT2D eigenvalue weighted by atomic mass is 10.0. The Morgan fingerprint density at radius 1 is 1.03 bits per heavy atom. The van der Waals surface area contributed by atoms with Crippen LogP contribution < -0.4 is 14.8 Å². The Hall–Kier alpha value is -2.87. The van der Waals surface area contributed by atoms with E-state index in [2.05, 4.69) is 5.32 Å². The highest BCUT2D eigenvalue weighted by molar-refractivity contribution is 8.00. The van der Waals surface area contributed by atoms with Gasteiger partial charge in [-0.2, -0.15) is 0 Å². The van der Waals surface area contributed by atoms with Gasteiger partial charge in [0.05, 0.1) is 24.8 Å². The minimum absolute atomic E-state index is 0.0829. The van der Waals surface area contributed by atoms with E-state index in [0.717, 1.165) is 36.3 Å². The van der Waals surface area contributed by atoms with Gasteiger partial charge in [-0.1, -0.05) is 17.7 Å². The third-order valence-electron chi connectivity index (χ3n) is 6.17. The SMILES string of the molecule is COc1ccc(NC(=O)N2CCC3(CC2)SCCN3C(=O)c2cccc(C)c2)c(OC)c1. The Balaban J connectivity index is 1.42. The van der Waals surface area contributed by atoms with Gasteiger partial charge in [0.25, 0.3) is 5.91 Å². The van der Waals surface area contributed by atoms with Gasteiger partial charge in [0.1, 0.15) is 11.5 Å². The number of benzene rings is 2. The van der Waals surface area contributed by atoms with Crippen molar-refractivity contribution in [3.05, 3.63) is 53.6 Å². The zero-order valence-electron chi connectivity index (χ0n) is 18.7. The van der Waals surface area contributed by atoms with Gasteiger partial charge in [-0.15, -0.1) is 11.8 Å². The molecule has 3 amide bonds. The molecule has 2 aliphatic heterocycles. The quantitative estimate of drug-likeness (QED) is 0.747. The van der Waals surface area contributed by atoms with E-state index < -0.39 is 0 Å². The maximum atomic E-state index is 13.2. The Bertz CT molecular complexity index is 1000.